The molecule has 16 heavy (non-hydrogen) atoms. The molecule has 7 heteroatoms. The number of ether oxygens (including phenoxy) is 1. The molecular weight excluding hydrogens is 232 g/mol. The summed E-state index contributed by atoms with van der Waals surface area (Å²) in [5.41, 5.74) is -0.562. The van der Waals surface area contributed by atoms with E-state index in [1.165, 1.54) is 0 Å². The van der Waals surface area contributed by atoms with Gasteiger partial charge in [-0.3, -0.25) is 0 Å². The van der Waals surface area contributed by atoms with E-state index in [9.17, 15) is 13.2 Å². The lowest BCUT2D eigenvalue weighted by Crippen LogP contribution is -2.36. The van der Waals surface area contributed by atoms with Gasteiger partial charge in [-0.2, -0.15) is 0 Å². The van der Waals surface area contributed by atoms with E-state index in [-0.39, 0.29) is 18.2 Å². The third-order valence-electron chi connectivity index (χ3n) is 1.51. The van der Waals surface area contributed by atoms with Gasteiger partial charge in [0, 0.05) is 6.54 Å². The maximum Gasteiger partial charge on any atom is 0.407 e. The van der Waals surface area contributed by atoms with Crippen molar-refractivity contribution in [3.8, 4) is 0 Å². The summed E-state index contributed by atoms with van der Waals surface area (Å²) in [5, 5.41) is 7.35. The van der Waals surface area contributed by atoms with Crippen LogP contribution < -0.4 is 10.5 Å². The Hall–Kier alpha value is -0.820. The van der Waals surface area contributed by atoms with Crippen LogP contribution in [0.3, 0.4) is 0 Å². The quantitative estimate of drug-likeness (QED) is 0.758. The van der Waals surface area contributed by atoms with Crippen LogP contribution in [-0.2, 0) is 14.8 Å². The summed E-state index contributed by atoms with van der Waals surface area (Å²) in [4.78, 5) is 11.2. The summed E-state index contributed by atoms with van der Waals surface area (Å²) in [6, 6.07) is 0. The van der Waals surface area contributed by atoms with Crippen molar-refractivity contribution in [1.29, 1.82) is 0 Å². The molecule has 1 amide bonds. The lowest BCUT2D eigenvalue weighted by atomic mass is 10.2. The molecule has 0 saturated heterocycles. The fraction of sp³-hybridized carbons (Fsp3) is 0.889. The van der Waals surface area contributed by atoms with Gasteiger partial charge in [-0.05, 0) is 26.7 Å². The largest absolute Gasteiger partial charge is 0.444 e. The molecule has 0 aromatic carbocycles. The fourth-order valence-electron chi connectivity index (χ4n) is 1.03. The van der Waals surface area contributed by atoms with Crippen molar-refractivity contribution in [2.45, 2.75) is 33.3 Å². The summed E-state index contributed by atoms with van der Waals surface area (Å²) >= 11 is 0. The van der Waals surface area contributed by atoms with Crippen LogP contribution in [0.15, 0.2) is 0 Å². The standard InChI is InChI=1S/C9H20N2O4S/c1-7(6-16(10,13)14)5-11-8(12)15-9(2,3)4/h7H,5-6H2,1-4H3,(H,11,12)(H2,10,13,14). The number of sulfonamides is 1. The predicted molar refractivity (Wildman–Crippen MR) is 61.4 cm³/mol. The fourth-order valence-corrected chi connectivity index (χ4v) is 1.94. The van der Waals surface area contributed by atoms with Gasteiger partial charge in [-0.25, -0.2) is 18.4 Å². The molecule has 0 fully saturated rings. The Balaban J connectivity index is 3.94. The highest BCUT2D eigenvalue weighted by atomic mass is 32.2. The van der Waals surface area contributed by atoms with E-state index < -0.39 is 21.7 Å². The van der Waals surface area contributed by atoms with E-state index in [2.05, 4.69) is 5.32 Å². The monoisotopic (exact) mass is 252 g/mol. The minimum atomic E-state index is -3.50. The smallest absolute Gasteiger partial charge is 0.407 e. The molecule has 0 aliphatic rings. The predicted octanol–water partition coefficient (Wildman–Crippen LogP) is 0.436. The first-order valence-electron chi connectivity index (χ1n) is 4.97. The Bertz CT molecular complexity index is 332. The molecule has 1 unspecified atom stereocenters. The van der Waals surface area contributed by atoms with Crippen LogP contribution in [0.2, 0.25) is 0 Å². The third kappa shape index (κ3) is 9.72. The van der Waals surface area contributed by atoms with Crippen molar-refractivity contribution in [1.82, 2.24) is 5.32 Å². The minimum absolute atomic E-state index is 0.164. The molecule has 3 N–H and O–H groups in total. The van der Waals surface area contributed by atoms with E-state index >= 15 is 0 Å². The Morgan fingerprint density at radius 2 is 1.94 bits per heavy atom. The van der Waals surface area contributed by atoms with Gasteiger partial charge >= 0.3 is 6.09 Å². The summed E-state index contributed by atoms with van der Waals surface area (Å²) in [5.74, 6) is -0.412. The molecule has 0 rings (SSSR count). The molecule has 0 aliphatic heterocycles. The number of hydrogen-bond acceptors (Lipinski definition) is 4. The van der Waals surface area contributed by atoms with Crippen molar-refractivity contribution in [2.24, 2.45) is 11.1 Å². The summed E-state index contributed by atoms with van der Waals surface area (Å²) in [6.45, 7) is 7.15. The molecule has 6 nitrogen and oxygen atoms in total. The lowest BCUT2D eigenvalue weighted by molar-refractivity contribution is 0.0521. The Labute approximate surface area is 96.6 Å². The first kappa shape index (κ1) is 15.2. The van der Waals surface area contributed by atoms with Crippen molar-refractivity contribution in [3.05, 3.63) is 0 Å². The number of rotatable bonds is 4. The highest BCUT2D eigenvalue weighted by molar-refractivity contribution is 7.89. The maximum atomic E-state index is 11.2. The number of primary sulfonamides is 1. The molecule has 0 saturated carbocycles. The molecule has 0 radical (unpaired) electrons. The van der Waals surface area contributed by atoms with E-state index in [0.717, 1.165) is 0 Å². The van der Waals surface area contributed by atoms with Gasteiger partial charge in [0.1, 0.15) is 5.60 Å². The number of carbonyl (C=O) groups is 1. The molecule has 1 atom stereocenters. The van der Waals surface area contributed by atoms with E-state index in [1.54, 1.807) is 27.7 Å². The van der Waals surface area contributed by atoms with Crippen molar-refractivity contribution in [2.75, 3.05) is 12.3 Å². The molecule has 0 bridgehead atoms. The number of amides is 1. The second-order valence-corrected chi connectivity index (χ2v) is 6.48. The molecule has 0 aromatic rings. The van der Waals surface area contributed by atoms with Gasteiger partial charge in [0.05, 0.1) is 5.75 Å². The van der Waals surface area contributed by atoms with Gasteiger partial charge in [-0.1, -0.05) is 6.92 Å². The SMILES string of the molecule is CC(CNC(=O)OC(C)(C)C)CS(N)(=O)=O. The highest BCUT2D eigenvalue weighted by Gasteiger charge is 2.17. The van der Waals surface area contributed by atoms with Gasteiger partial charge in [0.2, 0.25) is 10.0 Å². The van der Waals surface area contributed by atoms with E-state index in [0.29, 0.717) is 0 Å². The average molecular weight is 252 g/mol. The Kier molecular flexibility index (Phi) is 5.21. The molecule has 0 aromatic heterocycles. The highest BCUT2D eigenvalue weighted by Crippen LogP contribution is 2.06. The van der Waals surface area contributed by atoms with Gasteiger partial charge in [0.15, 0.2) is 0 Å². The van der Waals surface area contributed by atoms with Crippen molar-refractivity contribution in [3.63, 3.8) is 0 Å². The number of nitrogens with one attached hydrogen (secondary N) is 1. The zero-order chi connectivity index (χ0) is 13.0. The third-order valence-corrected chi connectivity index (χ3v) is 2.54. The van der Waals surface area contributed by atoms with E-state index in [4.69, 9.17) is 9.88 Å². The molecule has 0 heterocycles. The Morgan fingerprint density at radius 3 is 2.31 bits per heavy atom. The molecule has 0 spiro atoms. The van der Waals surface area contributed by atoms with Crippen molar-refractivity contribution >= 4 is 16.1 Å². The second kappa shape index (κ2) is 5.49. The van der Waals surface area contributed by atoms with Crippen LogP contribution in [-0.4, -0.2) is 32.4 Å². The zero-order valence-corrected chi connectivity index (χ0v) is 10.9. The minimum Gasteiger partial charge on any atom is -0.444 e. The average Bonchev–Trinajstić information content (AvgIpc) is 1.94. The first-order valence-corrected chi connectivity index (χ1v) is 6.68. The molecular formula is C9H20N2O4S. The summed E-state index contributed by atoms with van der Waals surface area (Å²) in [7, 11) is -3.50. The number of nitrogens with two attached hydrogens (primary N) is 1. The van der Waals surface area contributed by atoms with Gasteiger partial charge in [0.25, 0.3) is 0 Å². The van der Waals surface area contributed by atoms with E-state index in [1.807, 2.05) is 0 Å². The van der Waals surface area contributed by atoms with Gasteiger partial charge in [-0.15, -0.1) is 0 Å². The number of hydrogen-bond donors (Lipinski definition) is 2. The molecule has 96 valence electrons. The normalized spacial score (nSPS) is 14.3. The Morgan fingerprint density at radius 1 is 1.44 bits per heavy atom. The van der Waals surface area contributed by atoms with Crippen LogP contribution in [0.5, 0.6) is 0 Å². The first-order chi connectivity index (χ1) is 6.99. The van der Waals surface area contributed by atoms with Crippen LogP contribution in [0.1, 0.15) is 27.7 Å². The van der Waals surface area contributed by atoms with Crippen LogP contribution in [0.25, 0.3) is 0 Å². The van der Waals surface area contributed by atoms with Crippen LogP contribution in [0.4, 0.5) is 4.79 Å². The maximum absolute atomic E-state index is 11.2. The van der Waals surface area contributed by atoms with Gasteiger partial charge < -0.3 is 10.1 Å². The van der Waals surface area contributed by atoms with Crippen molar-refractivity contribution < 1.29 is 17.9 Å². The lowest BCUT2D eigenvalue weighted by Gasteiger charge is -2.20. The summed E-state index contributed by atoms with van der Waals surface area (Å²) < 4.78 is 26.5. The van der Waals surface area contributed by atoms with Crippen LogP contribution >= 0.6 is 0 Å². The second-order valence-electron chi connectivity index (χ2n) is 4.82. The topological polar surface area (TPSA) is 98.5 Å². The number of carbonyl (C=O) groups excluding carboxylic acids is 1. The number of alkyl carbamates (subject to hydrolysis) is 1. The van der Waals surface area contributed by atoms with Crippen LogP contribution in [0, 0.1) is 5.92 Å². The zero-order valence-electron chi connectivity index (χ0n) is 10.1. The molecule has 0 aliphatic carbocycles. The summed E-state index contributed by atoms with van der Waals surface area (Å²) in [6.07, 6.45) is -0.561.